The average Bonchev–Trinajstić information content (AvgIpc) is 2.19. The van der Waals surface area contributed by atoms with Gasteiger partial charge in [0.05, 0.1) is 4.92 Å². The van der Waals surface area contributed by atoms with E-state index < -0.39 is 16.2 Å². The molecule has 2 aromatic rings. The second kappa shape index (κ2) is 3.44. The molecule has 5 heteroatoms. The molecule has 2 rings (SSSR count). The van der Waals surface area contributed by atoms with Crippen LogP contribution in [0.2, 0.25) is 0 Å². The van der Waals surface area contributed by atoms with E-state index in [1.165, 1.54) is 6.07 Å². The largest absolute Gasteiger partial charge is 0.418 e. The molecule has 0 aliphatic heterocycles. The van der Waals surface area contributed by atoms with E-state index in [0.717, 1.165) is 11.1 Å². The fourth-order valence-electron chi connectivity index (χ4n) is 1.50. The van der Waals surface area contributed by atoms with Crippen molar-refractivity contribution in [1.82, 2.24) is 0 Å². The highest BCUT2D eigenvalue weighted by Crippen LogP contribution is 2.20. The van der Waals surface area contributed by atoms with Crippen LogP contribution in [0.25, 0.3) is 11.0 Å². The summed E-state index contributed by atoms with van der Waals surface area (Å²) in [6.45, 7) is 3.78. The molecule has 82 valence electrons. The first-order valence-corrected chi connectivity index (χ1v) is 4.68. The van der Waals surface area contributed by atoms with E-state index in [-0.39, 0.29) is 0 Å². The number of aryl methyl sites for hydroxylation is 2. The number of benzene rings is 1. The Labute approximate surface area is 90.5 Å². The summed E-state index contributed by atoms with van der Waals surface area (Å²) in [6.07, 6.45) is 0. The Kier molecular flexibility index (Phi) is 2.23. The van der Waals surface area contributed by atoms with Crippen LogP contribution in [0, 0.1) is 24.0 Å². The Bertz CT molecular complexity index is 642. The van der Waals surface area contributed by atoms with Crippen molar-refractivity contribution in [2.75, 3.05) is 0 Å². The Hall–Kier alpha value is -2.17. The van der Waals surface area contributed by atoms with Crippen LogP contribution in [-0.2, 0) is 0 Å². The van der Waals surface area contributed by atoms with Gasteiger partial charge in [-0.15, -0.1) is 0 Å². The summed E-state index contributed by atoms with van der Waals surface area (Å²) in [6, 6.07) is 4.71. The third kappa shape index (κ3) is 1.56. The molecule has 0 fully saturated rings. The van der Waals surface area contributed by atoms with Crippen LogP contribution in [0.3, 0.4) is 0 Å². The molecule has 0 bridgehead atoms. The molecule has 0 atom stereocenters. The monoisotopic (exact) mass is 219 g/mol. The smallest absolute Gasteiger partial charge is 0.415 e. The van der Waals surface area contributed by atoms with Crippen molar-refractivity contribution < 1.29 is 9.34 Å². The predicted octanol–water partition coefficient (Wildman–Crippen LogP) is 2.32. The number of nitro groups is 1. The molecular formula is C11H9NO4. The molecule has 1 aromatic heterocycles. The van der Waals surface area contributed by atoms with Crippen LogP contribution >= 0.6 is 0 Å². The molecule has 1 heterocycles. The Balaban J connectivity index is 2.85. The Morgan fingerprint density at radius 2 is 1.81 bits per heavy atom. The lowest BCUT2D eigenvalue weighted by Crippen LogP contribution is -2.06. The van der Waals surface area contributed by atoms with Crippen LogP contribution < -0.4 is 5.63 Å². The minimum Gasteiger partial charge on any atom is -0.418 e. The average molecular weight is 219 g/mol. The standard InChI is InChI=1S/C11H9NO4/c1-6-3-8-5-9(12(14)15)11(13)16-10(8)4-7(6)2/h3-5H,1-2H3. The van der Waals surface area contributed by atoms with Crippen LogP contribution in [0.15, 0.2) is 27.4 Å². The van der Waals surface area contributed by atoms with Crippen molar-refractivity contribution in [2.24, 2.45) is 0 Å². The molecule has 0 unspecified atom stereocenters. The predicted molar refractivity (Wildman–Crippen MR) is 58.6 cm³/mol. The summed E-state index contributed by atoms with van der Waals surface area (Å²) in [5.74, 6) is 0. The molecule has 0 aliphatic carbocycles. The molecule has 0 saturated carbocycles. The van der Waals surface area contributed by atoms with E-state index in [0.29, 0.717) is 11.0 Å². The Morgan fingerprint density at radius 3 is 2.44 bits per heavy atom. The zero-order valence-electron chi connectivity index (χ0n) is 8.81. The first-order valence-electron chi connectivity index (χ1n) is 4.68. The van der Waals surface area contributed by atoms with Gasteiger partial charge in [-0.2, -0.15) is 0 Å². The highest BCUT2D eigenvalue weighted by atomic mass is 16.6. The highest BCUT2D eigenvalue weighted by molar-refractivity contribution is 5.80. The first-order chi connectivity index (χ1) is 7.49. The fourth-order valence-corrected chi connectivity index (χ4v) is 1.50. The number of hydrogen-bond acceptors (Lipinski definition) is 4. The minimum atomic E-state index is -0.916. The third-order valence-electron chi connectivity index (χ3n) is 2.53. The quantitative estimate of drug-likeness (QED) is 0.419. The number of nitrogens with zero attached hydrogens (tertiary/aromatic N) is 1. The van der Waals surface area contributed by atoms with Crippen LogP contribution in [0.1, 0.15) is 11.1 Å². The maximum Gasteiger partial charge on any atom is 0.415 e. The van der Waals surface area contributed by atoms with E-state index in [2.05, 4.69) is 0 Å². The van der Waals surface area contributed by atoms with E-state index in [9.17, 15) is 14.9 Å². The van der Waals surface area contributed by atoms with Gasteiger partial charge in [0.2, 0.25) is 0 Å². The summed E-state index contributed by atoms with van der Waals surface area (Å²) in [7, 11) is 0. The van der Waals surface area contributed by atoms with Gasteiger partial charge < -0.3 is 4.42 Å². The zero-order chi connectivity index (χ0) is 11.9. The van der Waals surface area contributed by atoms with Crippen molar-refractivity contribution in [3.8, 4) is 0 Å². The van der Waals surface area contributed by atoms with E-state index in [4.69, 9.17) is 4.42 Å². The van der Waals surface area contributed by atoms with Crippen LogP contribution in [0.4, 0.5) is 5.69 Å². The number of hydrogen-bond donors (Lipinski definition) is 0. The molecule has 0 radical (unpaired) electrons. The van der Waals surface area contributed by atoms with Crippen LogP contribution in [0.5, 0.6) is 0 Å². The van der Waals surface area contributed by atoms with Crippen molar-refractivity contribution >= 4 is 16.7 Å². The second-order valence-electron chi connectivity index (χ2n) is 3.65. The molecule has 0 spiro atoms. The van der Waals surface area contributed by atoms with Gasteiger partial charge in [0, 0.05) is 11.5 Å². The van der Waals surface area contributed by atoms with Crippen molar-refractivity contribution in [1.29, 1.82) is 0 Å². The zero-order valence-corrected chi connectivity index (χ0v) is 8.81. The molecule has 5 nitrogen and oxygen atoms in total. The van der Waals surface area contributed by atoms with Gasteiger partial charge in [0.25, 0.3) is 0 Å². The second-order valence-corrected chi connectivity index (χ2v) is 3.65. The van der Waals surface area contributed by atoms with Crippen molar-refractivity contribution in [2.45, 2.75) is 13.8 Å². The highest BCUT2D eigenvalue weighted by Gasteiger charge is 2.15. The molecule has 0 N–H and O–H groups in total. The van der Waals surface area contributed by atoms with Gasteiger partial charge in [0.1, 0.15) is 5.58 Å². The fraction of sp³-hybridized carbons (Fsp3) is 0.182. The summed E-state index contributed by atoms with van der Waals surface area (Å²) < 4.78 is 4.89. The number of fused-ring (bicyclic) bond motifs is 1. The van der Waals surface area contributed by atoms with Gasteiger partial charge in [0.15, 0.2) is 0 Å². The molecule has 1 aromatic carbocycles. The third-order valence-corrected chi connectivity index (χ3v) is 2.53. The number of rotatable bonds is 1. The van der Waals surface area contributed by atoms with Gasteiger partial charge in [-0.25, -0.2) is 4.79 Å². The Morgan fingerprint density at radius 1 is 1.19 bits per heavy atom. The van der Waals surface area contributed by atoms with Gasteiger partial charge >= 0.3 is 11.3 Å². The summed E-state index contributed by atoms with van der Waals surface area (Å²) in [5, 5.41) is 11.1. The molecular weight excluding hydrogens is 210 g/mol. The first kappa shape index (κ1) is 10.4. The SMILES string of the molecule is Cc1cc2cc([N+](=O)[O-])c(=O)oc2cc1C. The van der Waals surface area contributed by atoms with Crippen molar-refractivity contribution in [3.63, 3.8) is 0 Å². The summed E-state index contributed by atoms with van der Waals surface area (Å²) in [5.41, 5.74) is 0.898. The molecule has 0 amide bonds. The minimum absolute atomic E-state index is 0.374. The topological polar surface area (TPSA) is 73.3 Å². The van der Waals surface area contributed by atoms with E-state index in [1.807, 2.05) is 13.8 Å². The molecule has 0 aliphatic rings. The molecule has 16 heavy (non-hydrogen) atoms. The van der Waals surface area contributed by atoms with Crippen molar-refractivity contribution in [3.05, 3.63) is 49.9 Å². The maximum atomic E-state index is 11.3. The van der Waals surface area contributed by atoms with Gasteiger partial charge in [-0.1, -0.05) is 0 Å². The summed E-state index contributed by atoms with van der Waals surface area (Å²) >= 11 is 0. The van der Waals surface area contributed by atoms with Gasteiger partial charge in [-0.05, 0) is 37.1 Å². The summed E-state index contributed by atoms with van der Waals surface area (Å²) in [4.78, 5) is 21.1. The van der Waals surface area contributed by atoms with Crippen LogP contribution in [-0.4, -0.2) is 4.92 Å². The lowest BCUT2D eigenvalue weighted by atomic mass is 10.1. The maximum absolute atomic E-state index is 11.3. The van der Waals surface area contributed by atoms with E-state index >= 15 is 0 Å². The van der Waals surface area contributed by atoms with Gasteiger partial charge in [-0.3, -0.25) is 10.1 Å². The molecule has 0 saturated heterocycles. The lowest BCUT2D eigenvalue weighted by molar-refractivity contribution is -0.387. The lowest BCUT2D eigenvalue weighted by Gasteiger charge is -2.01. The normalized spacial score (nSPS) is 10.6. The van der Waals surface area contributed by atoms with E-state index in [1.54, 1.807) is 12.1 Å².